The van der Waals surface area contributed by atoms with Crippen molar-refractivity contribution in [2.75, 3.05) is 6.54 Å². The highest BCUT2D eigenvalue weighted by atomic mass is 35.5. The smallest absolute Gasteiger partial charge is 0.244 e. The molecule has 0 aliphatic heterocycles. The van der Waals surface area contributed by atoms with Crippen LogP contribution in [-0.2, 0) is 10.2 Å². The van der Waals surface area contributed by atoms with Gasteiger partial charge in [0.25, 0.3) is 0 Å². The molecule has 0 atom stereocenters. The third-order valence-corrected chi connectivity index (χ3v) is 5.64. The van der Waals surface area contributed by atoms with Crippen molar-refractivity contribution in [3.05, 3.63) is 63.3 Å². The molecule has 23 heavy (non-hydrogen) atoms. The molecule has 1 aliphatic rings. The van der Waals surface area contributed by atoms with Gasteiger partial charge < -0.3 is 5.32 Å². The molecule has 0 spiro atoms. The summed E-state index contributed by atoms with van der Waals surface area (Å²) in [5, 5.41) is 8.07. The molecule has 1 amide bonds. The molecule has 0 radical (unpaired) electrons. The molecule has 120 valence electrons. The first-order valence-corrected chi connectivity index (χ1v) is 9.25. The zero-order valence-electron chi connectivity index (χ0n) is 12.9. The van der Waals surface area contributed by atoms with Gasteiger partial charge in [0, 0.05) is 23.1 Å². The fourth-order valence-electron chi connectivity index (χ4n) is 3.28. The minimum absolute atomic E-state index is 0.0635. The number of carbonyl (C=O) groups is 1. The van der Waals surface area contributed by atoms with E-state index in [1.165, 1.54) is 18.4 Å². The largest absolute Gasteiger partial charge is 0.352 e. The van der Waals surface area contributed by atoms with Crippen molar-refractivity contribution in [3.8, 4) is 0 Å². The summed E-state index contributed by atoms with van der Waals surface area (Å²) in [6.45, 7) is 0.704. The lowest BCUT2D eigenvalue weighted by Crippen LogP contribution is -2.38. The van der Waals surface area contributed by atoms with Crippen LogP contribution in [0.15, 0.2) is 47.2 Å². The second kappa shape index (κ2) is 7.33. The highest BCUT2D eigenvalue weighted by Gasteiger charge is 2.35. The molecule has 1 fully saturated rings. The normalized spacial score (nSPS) is 16.7. The van der Waals surface area contributed by atoms with Crippen molar-refractivity contribution >= 4 is 34.9 Å². The minimum atomic E-state index is -0.0635. The first-order valence-electron chi connectivity index (χ1n) is 7.93. The van der Waals surface area contributed by atoms with Crippen LogP contribution in [0.1, 0.15) is 36.8 Å². The molecule has 4 heteroatoms. The number of rotatable bonds is 5. The van der Waals surface area contributed by atoms with Crippen LogP contribution < -0.4 is 5.32 Å². The lowest BCUT2D eigenvalue weighted by Gasteiger charge is -2.28. The van der Waals surface area contributed by atoms with Crippen LogP contribution in [0, 0.1) is 0 Å². The zero-order chi connectivity index (χ0) is 16.1. The van der Waals surface area contributed by atoms with Crippen molar-refractivity contribution in [1.82, 2.24) is 5.32 Å². The molecule has 1 N–H and O–H groups in total. The summed E-state index contributed by atoms with van der Waals surface area (Å²) in [4.78, 5) is 12.2. The summed E-state index contributed by atoms with van der Waals surface area (Å²) >= 11 is 7.82. The van der Waals surface area contributed by atoms with E-state index in [0.29, 0.717) is 11.6 Å². The van der Waals surface area contributed by atoms with Gasteiger partial charge in [-0.25, -0.2) is 0 Å². The SMILES string of the molecule is O=C(/C=C/c1ccccc1Cl)NCC1(c2ccsc2)CCCC1. The van der Waals surface area contributed by atoms with Crippen LogP contribution in [0.5, 0.6) is 0 Å². The van der Waals surface area contributed by atoms with E-state index in [4.69, 9.17) is 11.6 Å². The third kappa shape index (κ3) is 3.85. The van der Waals surface area contributed by atoms with Crippen LogP contribution in [-0.4, -0.2) is 12.5 Å². The van der Waals surface area contributed by atoms with Gasteiger partial charge in [-0.1, -0.05) is 42.6 Å². The summed E-state index contributed by atoms with van der Waals surface area (Å²) < 4.78 is 0. The van der Waals surface area contributed by atoms with Gasteiger partial charge in [-0.3, -0.25) is 4.79 Å². The Hall–Kier alpha value is -1.58. The second-order valence-corrected chi connectivity index (χ2v) is 7.26. The Bertz CT molecular complexity index is 687. The number of thiophene rings is 1. The summed E-state index contributed by atoms with van der Waals surface area (Å²) in [5.41, 5.74) is 2.35. The van der Waals surface area contributed by atoms with Crippen molar-refractivity contribution in [2.45, 2.75) is 31.1 Å². The lowest BCUT2D eigenvalue weighted by atomic mass is 9.80. The standard InChI is InChI=1S/C19H20ClNOS/c20-17-6-2-1-5-15(17)7-8-18(22)21-14-19(10-3-4-11-19)16-9-12-23-13-16/h1-2,5-9,12-13H,3-4,10-11,14H2,(H,21,22)/b8-7+. The third-order valence-electron chi connectivity index (χ3n) is 4.61. The van der Waals surface area contributed by atoms with Crippen LogP contribution in [0.3, 0.4) is 0 Å². The fraction of sp³-hybridized carbons (Fsp3) is 0.316. The maximum absolute atomic E-state index is 12.2. The van der Waals surface area contributed by atoms with Crippen LogP contribution in [0.25, 0.3) is 6.08 Å². The Morgan fingerprint density at radius 3 is 2.74 bits per heavy atom. The number of halogens is 1. The van der Waals surface area contributed by atoms with Crippen LogP contribution >= 0.6 is 22.9 Å². The number of carbonyl (C=O) groups excluding carboxylic acids is 1. The molecule has 0 bridgehead atoms. The van der Waals surface area contributed by atoms with Gasteiger partial charge in [0.2, 0.25) is 5.91 Å². The van der Waals surface area contributed by atoms with Gasteiger partial charge in [0.15, 0.2) is 0 Å². The monoisotopic (exact) mass is 345 g/mol. The summed E-state index contributed by atoms with van der Waals surface area (Å²) in [5.74, 6) is -0.0635. The zero-order valence-corrected chi connectivity index (χ0v) is 14.5. The summed E-state index contributed by atoms with van der Waals surface area (Å²) in [6.07, 6.45) is 8.11. The van der Waals surface area contributed by atoms with Gasteiger partial charge in [-0.15, -0.1) is 0 Å². The first kappa shape index (κ1) is 16.3. The number of amides is 1. The topological polar surface area (TPSA) is 29.1 Å². The Balaban J connectivity index is 1.63. The van der Waals surface area contributed by atoms with Crippen molar-refractivity contribution in [3.63, 3.8) is 0 Å². The second-order valence-electron chi connectivity index (χ2n) is 6.07. The first-order chi connectivity index (χ1) is 11.2. The molecule has 1 saturated carbocycles. The Morgan fingerprint density at radius 2 is 2.04 bits per heavy atom. The van der Waals surface area contributed by atoms with Crippen LogP contribution in [0.2, 0.25) is 5.02 Å². The fourth-order valence-corrected chi connectivity index (χ4v) is 4.25. The summed E-state index contributed by atoms with van der Waals surface area (Å²) in [6, 6.07) is 9.71. The Kier molecular flexibility index (Phi) is 5.19. The van der Waals surface area contributed by atoms with E-state index in [1.54, 1.807) is 23.5 Å². The van der Waals surface area contributed by atoms with E-state index in [-0.39, 0.29) is 11.3 Å². The van der Waals surface area contributed by atoms with E-state index in [9.17, 15) is 4.79 Å². The lowest BCUT2D eigenvalue weighted by molar-refractivity contribution is -0.116. The molecule has 2 nitrogen and oxygen atoms in total. The number of hydrogen-bond donors (Lipinski definition) is 1. The molecule has 0 unspecified atom stereocenters. The minimum Gasteiger partial charge on any atom is -0.352 e. The molecule has 1 aliphatic carbocycles. The van der Waals surface area contributed by atoms with Gasteiger partial charge in [0.1, 0.15) is 0 Å². The van der Waals surface area contributed by atoms with E-state index in [1.807, 2.05) is 24.3 Å². The molecular weight excluding hydrogens is 326 g/mol. The number of benzene rings is 1. The quantitative estimate of drug-likeness (QED) is 0.755. The van der Waals surface area contributed by atoms with E-state index in [0.717, 1.165) is 18.4 Å². The van der Waals surface area contributed by atoms with Gasteiger partial charge >= 0.3 is 0 Å². The molecule has 1 aromatic heterocycles. The summed E-state index contributed by atoms with van der Waals surface area (Å²) in [7, 11) is 0. The van der Waals surface area contributed by atoms with Crippen molar-refractivity contribution in [1.29, 1.82) is 0 Å². The number of nitrogens with one attached hydrogen (secondary N) is 1. The highest BCUT2D eigenvalue weighted by Crippen LogP contribution is 2.41. The highest BCUT2D eigenvalue weighted by molar-refractivity contribution is 7.08. The predicted octanol–water partition coefficient (Wildman–Crippen LogP) is 5.04. The molecule has 2 aromatic rings. The van der Waals surface area contributed by atoms with E-state index >= 15 is 0 Å². The average Bonchev–Trinajstić information content (AvgIpc) is 3.24. The maximum Gasteiger partial charge on any atom is 0.244 e. The molecular formula is C19H20ClNOS. The van der Waals surface area contributed by atoms with Gasteiger partial charge in [-0.05, 0) is 52.9 Å². The van der Waals surface area contributed by atoms with Crippen LogP contribution in [0.4, 0.5) is 0 Å². The Labute approximate surface area is 146 Å². The van der Waals surface area contributed by atoms with Gasteiger partial charge in [0.05, 0.1) is 0 Å². The molecule has 3 rings (SSSR count). The maximum atomic E-state index is 12.2. The molecule has 0 saturated heterocycles. The average molecular weight is 346 g/mol. The van der Waals surface area contributed by atoms with Crippen molar-refractivity contribution in [2.24, 2.45) is 0 Å². The predicted molar refractivity (Wildman–Crippen MR) is 98.0 cm³/mol. The molecule has 1 heterocycles. The van der Waals surface area contributed by atoms with E-state index < -0.39 is 0 Å². The van der Waals surface area contributed by atoms with Gasteiger partial charge in [-0.2, -0.15) is 11.3 Å². The van der Waals surface area contributed by atoms with E-state index in [2.05, 4.69) is 22.1 Å². The number of hydrogen-bond acceptors (Lipinski definition) is 2. The Morgan fingerprint density at radius 1 is 1.26 bits per heavy atom. The molecule has 1 aromatic carbocycles. The van der Waals surface area contributed by atoms with Crippen molar-refractivity contribution < 1.29 is 4.79 Å².